The summed E-state index contributed by atoms with van der Waals surface area (Å²) in [6.45, 7) is 1.77. The molecule has 0 radical (unpaired) electrons. The van der Waals surface area contributed by atoms with Crippen molar-refractivity contribution in [1.29, 1.82) is 0 Å². The number of hydrogen-bond donors (Lipinski definition) is 3. The molecule has 1 heterocycles. The van der Waals surface area contributed by atoms with E-state index in [1.54, 1.807) is 12.1 Å². The Morgan fingerprint density at radius 2 is 2.06 bits per heavy atom. The summed E-state index contributed by atoms with van der Waals surface area (Å²) in [7, 11) is 0. The van der Waals surface area contributed by atoms with E-state index in [2.05, 4.69) is 4.98 Å². The zero-order valence-corrected chi connectivity index (χ0v) is 9.80. The maximum atomic E-state index is 9.30. The zero-order chi connectivity index (χ0) is 12.4. The maximum absolute atomic E-state index is 9.30. The number of aryl methyl sites for hydroxylation is 1. The molecule has 4 N–H and O–H groups in total. The van der Waals surface area contributed by atoms with Crippen LogP contribution in [0.15, 0.2) is 18.2 Å². The van der Waals surface area contributed by atoms with Crippen LogP contribution in [0.1, 0.15) is 18.8 Å². The third-order valence-electron chi connectivity index (χ3n) is 2.89. The smallest absolute Gasteiger partial charge is 0.110 e. The third-order valence-corrected chi connectivity index (χ3v) is 2.89. The first-order chi connectivity index (χ1) is 8.21. The van der Waals surface area contributed by atoms with Crippen molar-refractivity contribution in [2.24, 2.45) is 0 Å². The van der Waals surface area contributed by atoms with Gasteiger partial charge in [0.2, 0.25) is 0 Å². The van der Waals surface area contributed by atoms with Gasteiger partial charge in [-0.25, -0.2) is 4.98 Å². The van der Waals surface area contributed by atoms with Gasteiger partial charge in [0.1, 0.15) is 5.82 Å². The van der Waals surface area contributed by atoms with Crippen LogP contribution in [-0.4, -0.2) is 33.0 Å². The minimum Gasteiger partial charge on any atom is -0.399 e. The fourth-order valence-corrected chi connectivity index (χ4v) is 2.04. The Hall–Kier alpha value is -1.59. The summed E-state index contributed by atoms with van der Waals surface area (Å²) < 4.78 is 1.88. The lowest BCUT2D eigenvalue weighted by molar-refractivity contribution is 0.155. The topological polar surface area (TPSA) is 84.3 Å². The summed E-state index contributed by atoms with van der Waals surface area (Å²) in [5.41, 5.74) is 8.07. The van der Waals surface area contributed by atoms with E-state index in [0.717, 1.165) is 23.3 Å². The van der Waals surface area contributed by atoms with Crippen molar-refractivity contribution in [3.05, 3.63) is 24.0 Å². The Bertz CT molecular complexity index is 518. The molecule has 0 aliphatic heterocycles. The first-order valence-corrected chi connectivity index (χ1v) is 5.69. The zero-order valence-electron chi connectivity index (χ0n) is 9.80. The van der Waals surface area contributed by atoms with E-state index in [1.807, 2.05) is 17.6 Å². The lowest BCUT2D eigenvalue weighted by Crippen LogP contribution is -2.19. The molecule has 5 heteroatoms. The van der Waals surface area contributed by atoms with Crippen LogP contribution in [0.3, 0.4) is 0 Å². The number of nitrogens with zero attached hydrogens (tertiary/aromatic N) is 2. The lowest BCUT2D eigenvalue weighted by atomic mass is 10.2. The number of imidazole rings is 1. The molecule has 92 valence electrons. The van der Waals surface area contributed by atoms with Crippen molar-refractivity contribution in [1.82, 2.24) is 9.55 Å². The molecule has 0 fully saturated rings. The molecule has 0 bridgehead atoms. The molecule has 2 rings (SSSR count). The number of nitrogens with two attached hydrogens (primary N) is 1. The average Bonchev–Trinajstić information content (AvgIpc) is 2.69. The van der Waals surface area contributed by atoms with Crippen LogP contribution in [-0.2, 0) is 6.42 Å². The number of aliphatic hydroxyl groups is 2. The van der Waals surface area contributed by atoms with Gasteiger partial charge >= 0.3 is 0 Å². The van der Waals surface area contributed by atoms with Crippen LogP contribution in [0.2, 0.25) is 0 Å². The predicted octanol–water partition coefficient (Wildman–Crippen LogP) is 0.707. The van der Waals surface area contributed by atoms with Crippen molar-refractivity contribution in [3.63, 3.8) is 0 Å². The molecule has 0 unspecified atom stereocenters. The fourth-order valence-electron chi connectivity index (χ4n) is 2.04. The van der Waals surface area contributed by atoms with Crippen LogP contribution in [0, 0.1) is 0 Å². The van der Waals surface area contributed by atoms with Crippen LogP contribution in [0.4, 0.5) is 5.69 Å². The number of anilines is 1. The highest BCUT2D eigenvalue weighted by Gasteiger charge is 2.16. The number of hydrogen-bond acceptors (Lipinski definition) is 4. The number of rotatable bonds is 4. The molecule has 0 atom stereocenters. The van der Waals surface area contributed by atoms with Gasteiger partial charge in [0, 0.05) is 12.1 Å². The first-order valence-electron chi connectivity index (χ1n) is 5.69. The van der Waals surface area contributed by atoms with Gasteiger partial charge in [0.15, 0.2) is 0 Å². The molecular formula is C12H17N3O2. The normalized spacial score (nSPS) is 11.5. The minimum atomic E-state index is -0.349. The minimum absolute atomic E-state index is 0.112. The van der Waals surface area contributed by atoms with Crippen molar-refractivity contribution >= 4 is 16.7 Å². The van der Waals surface area contributed by atoms with E-state index < -0.39 is 0 Å². The third kappa shape index (κ3) is 1.99. The summed E-state index contributed by atoms with van der Waals surface area (Å²) in [5.74, 6) is 0.846. The van der Waals surface area contributed by atoms with Crippen molar-refractivity contribution in [2.45, 2.75) is 19.4 Å². The van der Waals surface area contributed by atoms with Crippen molar-refractivity contribution in [2.75, 3.05) is 18.9 Å². The van der Waals surface area contributed by atoms with Crippen LogP contribution in [0.5, 0.6) is 0 Å². The first kappa shape index (κ1) is 11.9. The SMILES string of the molecule is CCc1nc2cc(N)ccc2n1C(CO)CO. The van der Waals surface area contributed by atoms with E-state index in [4.69, 9.17) is 5.73 Å². The highest BCUT2D eigenvalue weighted by molar-refractivity contribution is 5.79. The van der Waals surface area contributed by atoms with E-state index in [1.165, 1.54) is 0 Å². The van der Waals surface area contributed by atoms with E-state index in [9.17, 15) is 10.2 Å². The number of fused-ring (bicyclic) bond motifs is 1. The molecule has 0 aliphatic rings. The Morgan fingerprint density at radius 1 is 1.35 bits per heavy atom. The van der Waals surface area contributed by atoms with Crippen LogP contribution < -0.4 is 5.73 Å². The Kier molecular flexibility index (Phi) is 3.31. The van der Waals surface area contributed by atoms with Crippen molar-refractivity contribution in [3.8, 4) is 0 Å². The summed E-state index contributed by atoms with van der Waals surface area (Å²) in [5, 5.41) is 18.6. The summed E-state index contributed by atoms with van der Waals surface area (Å²) in [4.78, 5) is 4.47. The molecule has 1 aromatic carbocycles. The van der Waals surface area contributed by atoms with Gasteiger partial charge in [-0.3, -0.25) is 0 Å². The second-order valence-corrected chi connectivity index (χ2v) is 4.02. The van der Waals surface area contributed by atoms with Gasteiger partial charge in [-0.2, -0.15) is 0 Å². The molecule has 2 aromatic rings. The van der Waals surface area contributed by atoms with Gasteiger partial charge in [-0.1, -0.05) is 6.92 Å². The number of aliphatic hydroxyl groups excluding tert-OH is 2. The maximum Gasteiger partial charge on any atom is 0.110 e. The Balaban J connectivity index is 2.65. The summed E-state index contributed by atoms with van der Waals surface area (Å²) in [6.07, 6.45) is 0.741. The number of aromatic nitrogens is 2. The molecule has 0 saturated carbocycles. The lowest BCUT2D eigenvalue weighted by Gasteiger charge is -2.16. The second-order valence-electron chi connectivity index (χ2n) is 4.02. The average molecular weight is 235 g/mol. The molecule has 0 aliphatic carbocycles. The molecule has 0 amide bonds. The molecule has 1 aromatic heterocycles. The van der Waals surface area contributed by atoms with Gasteiger partial charge in [0.25, 0.3) is 0 Å². The van der Waals surface area contributed by atoms with Crippen molar-refractivity contribution < 1.29 is 10.2 Å². The van der Waals surface area contributed by atoms with Gasteiger partial charge in [0.05, 0.1) is 30.3 Å². The van der Waals surface area contributed by atoms with Crippen LogP contribution in [0.25, 0.3) is 11.0 Å². The van der Waals surface area contributed by atoms with E-state index >= 15 is 0 Å². The standard InChI is InChI=1S/C12H17N3O2/c1-2-12-14-10-5-8(13)3-4-11(10)15(12)9(6-16)7-17/h3-5,9,16-17H,2,6-7,13H2,1H3. The molecular weight excluding hydrogens is 218 g/mol. The highest BCUT2D eigenvalue weighted by Crippen LogP contribution is 2.23. The highest BCUT2D eigenvalue weighted by atomic mass is 16.3. The Labute approximate surface area is 99.5 Å². The molecule has 0 spiro atoms. The summed E-state index contributed by atoms with van der Waals surface area (Å²) in [6, 6.07) is 5.12. The predicted molar refractivity (Wildman–Crippen MR) is 66.7 cm³/mol. The van der Waals surface area contributed by atoms with Gasteiger partial charge in [-0.15, -0.1) is 0 Å². The van der Waals surface area contributed by atoms with E-state index in [-0.39, 0.29) is 19.3 Å². The number of benzene rings is 1. The Morgan fingerprint density at radius 3 is 2.65 bits per heavy atom. The van der Waals surface area contributed by atoms with Gasteiger partial charge < -0.3 is 20.5 Å². The largest absolute Gasteiger partial charge is 0.399 e. The molecule has 5 nitrogen and oxygen atoms in total. The van der Waals surface area contributed by atoms with E-state index in [0.29, 0.717) is 5.69 Å². The fraction of sp³-hybridized carbons (Fsp3) is 0.417. The number of nitrogen functional groups attached to an aromatic ring is 1. The van der Waals surface area contributed by atoms with Crippen LogP contribution >= 0.6 is 0 Å². The monoisotopic (exact) mass is 235 g/mol. The molecule has 0 saturated heterocycles. The molecule has 17 heavy (non-hydrogen) atoms. The summed E-state index contributed by atoms with van der Waals surface area (Å²) >= 11 is 0. The quantitative estimate of drug-likeness (QED) is 0.681. The van der Waals surface area contributed by atoms with Gasteiger partial charge in [-0.05, 0) is 18.2 Å². The second kappa shape index (κ2) is 4.73.